The fourth-order valence-electron chi connectivity index (χ4n) is 3.62. The molecule has 3 aromatic rings. The third-order valence-corrected chi connectivity index (χ3v) is 5.55. The summed E-state index contributed by atoms with van der Waals surface area (Å²) in [4.78, 5) is 29.7. The molecule has 0 bridgehead atoms. The first kappa shape index (κ1) is 22.1. The van der Waals surface area contributed by atoms with Crippen LogP contribution in [0.2, 0.25) is 5.02 Å². The molecule has 0 saturated heterocycles. The number of carbonyl (C=O) groups excluding carboxylic acids is 1. The van der Waals surface area contributed by atoms with Gasteiger partial charge < -0.3 is 10.1 Å². The number of hydrogen-bond donors (Lipinski definition) is 1. The summed E-state index contributed by atoms with van der Waals surface area (Å²) in [6, 6.07) is 7.42. The molecule has 0 spiro atoms. The van der Waals surface area contributed by atoms with E-state index in [2.05, 4.69) is 10.3 Å². The summed E-state index contributed by atoms with van der Waals surface area (Å²) in [5.74, 6) is 0.352. The molecule has 2 heterocycles. The van der Waals surface area contributed by atoms with E-state index >= 15 is 0 Å². The number of hydrogen-bond acceptors (Lipinski definition) is 4. The highest BCUT2D eigenvalue weighted by Gasteiger charge is 2.31. The Morgan fingerprint density at radius 2 is 1.97 bits per heavy atom. The number of benzene rings is 2. The van der Waals surface area contributed by atoms with Gasteiger partial charge in [-0.05, 0) is 49.2 Å². The Labute approximate surface area is 186 Å². The molecule has 0 radical (unpaired) electrons. The van der Waals surface area contributed by atoms with E-state index in [0.717, 1.165) is 49.7 Å². The van der Waals surface area contributed by atoms with Crippen molar-refractivity contribution in [2.45, 2.75) is 38.4 Å². The monoisotopic (exact) mass is 465 g/mol. The molecule has 0 unspecified atom stereocenters. The van der Waals surface area contributed by atoms with E-state index in [-0.39, 0.29) is 22.0 Å². The van der Waals surface area contributed by atoms with Gasteiger partial charge in [-0.25, -0.2) is 4.98 Å². The van der Waals surface area contributed by atoms with E-state index in [1.54, 1.807) is 16.7 Å². The van der Waals surface area contributed by atoms with Gasteiger partial charge in [-0.2, -0.15) is 13.2 Å². The lowest BCUT2D eigenvalue weighted by molar-refractivity contribution is -0.137. The smallest absolute Gasteiger partial charge is 0.416 e. The summed E-state index contributed by atoms with van der Waals surface area (Å²) < 4.78 is 45.8. The first-order valence-electron chi connectivity index (χ1n) is 10.1. The second kappa shape index (κ2) is 8.82. The molecule has 10 heteroatoms. The number of anilines is 1. The van der Waals surface area contributed by atoms with Crippen LogP contribution in [0.15, 0.2) is 41.2 Å². The minimum atomic E-state index is -4.56. The molecular formula is C22H19ClF3N3O3. The zero-order valence-corrected chi connectivity index (χ0v) is 17.6. The summed E-state index contributed by atoms with van der Waals surface area (Å²) in [5.41, 5.74) is -0.702. The number of amides is 1. The lowest BCUT2D eigenvalue weighted by Crippen LogP contribution is -2.24. The second-order valence-corrected chi connectivity index (χ2v) is 7.91. The van der Waals surface area contributed by atoms with E-state index < -0.39 is 24.3 Å². The molecule has 0 aliphatic carbocycles. The van der Waals surface area contributed by atoms with Gasteiger partial charge in [-0.15, -0.1) is 0 Å². The highest BCUT2D eigenvalue weighted by atomic mass is 35.5. The molecule has 2 aromatic carbocycles. The van der Waals surface area contributed by atoms with Gasteiger partial charge in [0.2, 0.25) is 0 Å². The Balaban J connectivity index is 1.49. The minimum absolute atomic E-state index is 0.0307. The van der Waals surface area contributed by atoms with Crippen molar-refractivity contribution in [2.24, 2.45) is 0 Å². The number of halogens is 4. The van der Waals surface area contributed by atoms with Crippen molar-refractivity contribution < 1.29 is 22.7 Å². The summed E-state index contributed by atoms with van der Waals surface area (Å²) in [6.45, 7) is 0.139. The van der Waals surface area contributed by atoms with Crippen molar-refractivity contribution in [3.8, 4) is 5.75 Å². The predicted octanol–water partition coefficient (Wildman–Crippen LogP) is 4.81. The van der Waals surface area contributed by atoms with Gasteiger partial charge in [0.05, 0.1) is 27.2 Å². The molecule has 0 saturated carbocycles. The lowest BCUT2D eigenvalue weighted by Gasteiger charge is -2.13. The molecule has 0 atom stereocenters. The average Bonchev–Trinajstić information content (AvgIpc) is 2.99. The summed E-state index contributed by atoms with van der Waals surface area (Å²) >= 11 is 5.89. The normalized spacial score (nSPS) is 14.0. The second-order valence-electron chi connectivity index (χ2n) is 7.50. The van der Waals surface area contributed by atoms with Crippen molar-refractivity contribution in [1.82, 2.24) is 9.55 Å². The van der Waals surface area contributed by atoms with Gasteiger partial charge in [0.15, 0.2) is 6.61 Å². The van der Waals surface area contributed by atoms with Gasteiger partial charge in [0.1, 0.15) is 11.6 Å². The highest BCUT2D eigenvalue weighted by Crippen LogP contribution is 2.33. The van der Waals surface area contributed by atoms with Crippen LogP contribution < -0.4 is 15.6 Å². The van der Waals surface area contributed by atoms with Crippen molar-refractivity contribution in [1.29, 1.82) is 0 Å². The molecule has 4 rings (SSSR count). The predicted molar refractivity (Wildman–Crippen MR) is 114 cm³/mol. The van der Waals surface area contributed by atoms with Crippen LogP contribution in [-0.4, -0.2) is 22.1 Å². The SMILES string of the molecule is O=C(COc1ccc2nc3n(c(=O)c2c1)CCCCC3)Nc1cc(C(F)(F)F)ccc1Cl. The molecule has 1 amide bonds. The Hall–Kier alpha value is -3.07. The summed E-state index contributed by atoms with van der Waals surface area (Å²) in [6.07, 6.45) is -0.870. The van der Waals surface area contributed by atoms with Crippen LogP contribution in [-0.2, 0) is 23.9 Å². The summed E-state index contributed by atoms with van der Waals surface area (Å²) in [5, 5.41) is 2.67. The van der Waals surface area contributed by atoms with Crippen LogP contribution in [0, 0.1) is 0 Å². The van der Waals surface area contributed by atoms with Gasteiger partial charge in [0, 0.05) is 13.0 Å². The average molecular weight is 466 g/mol. The van der Waals surface area contributed by atoms with Crippen molar-refractivity contribution in [2.75, 3.05) is 11.9 Å². The summed E-state index contributed by atoms with van der Waals surface area (Å²) in [7, 11) is 0. The van der Waals surface area contributed by atoms with E-state index in [9.17, 15) is 22.8 Å². The maximum atomic E-state index is 12.9. The van der Waals surface area contributed by atoms with Crippen LogP contribution in [0.1, 0.15) is 30.7 Å². The molecule has 168 valence electrons. The number of fused-ring (bicyclic) bond motifs is 2. The number of nitrogens with zero attached hydrogens (tertiary/aromatic N) is 2. The third-order valence-electron chi connectivity index (χ3n) is 5.22. The molecule has 1 aliphatic rings. The lowest BCUT2D eigenvalue weighted by atomic mass is 10.2. The third kappa shape index (κ3) is 4.72. The minimum Gasteiger partial charge on any atom is -0.484 e. The fraction of sp³-hybridized carbons (Fsp3) is 0.318. The number of carbonyl (C=O) groups is 1. The van der Waals surface area contributed by atoms with Crippen molar-refractivity contribution in [3.63, 3.8) is 0 Å². The van der Waals surface area contributed by atoms with E-state index in [1.165, 1.54) is 6.07 Å². The quantitative estimate of drug-likeness (QED) is 0.600. The van der Waals surface area contributed by atoms with Crippen LogP contribution >= 0.6 is 11.6 Å². The number of aryl methyl sites for hydroxylation is 1. The Bertz CT molecular complexity index is 1240. The fourth-order valence-corrected chi connectivity index (χ4v) is 3.78. The van der Waals surface area contributed by atoms with Crippen molar-refractivity contribution in [3.05, 3.63) is 63.2 Å². The van der Waals surface area contributed by atoms with Crippen LogP contribution in [0.25, 0.3) is 10.9 Å². The van der Waals surface area contributed by atoms with E-state index in [0.29, 0.717) is 17.4 Å². The zero-order chi connectivity index (χ0) is 22.9. The van der Waals surface area contributed by atoms with Crippen LogP contribution in [0.4, 0.5) is 18.9 Å². The first-order valence-corrected chi connectivity index (χ1v) is 10.4. The maximum Gasteiger partial charge on any atom is 0.416 e. The van der Waals surface area contributed by atoms with Gasteiger partial charge in [-0.3, -0.25) is 14.2 Å². The molecule has 1 aromatic heterocycles. The van der Waals surface area contributed by atoms with Crippen molar-refractivity contribution >= 4 is 34.1 Å². The number of ether oxygens (including phenoxy) is 1. The largest absolute Gasteiger partial charge is 0.484 e. The molecule has 6 nitrogen and oxygen atoms in total. The number of nitrogens with one attached hydrogen (secondary N) is 1. The van der Waals surface area contributed by atoms with Crippen LogP contribution in [0.3, 0.4) is 0 Å². The number of alkyl halides is 3. The standard InChI is InChI=1S/C22H19ClF3N3O3/c23-16-7-5-13(22(24,25)26)10-18(16)28-20(30)12-32-14-6-8-17-15(11-14)21(31)29-9-3-1-2-4-19(29)27-17/h5-8,10-11H,1-4,9,12H2,(H,28,30). The zero-order valence-electron chi connectivity index (χ0n) is 16.8. The van der Waals surface area contributed by atoms with Gasteiger partial charge in [0.25, 0.3) is 11.5 Å². The Morgan fingerprint density at radius 1 is 1.16 bits per heavy atom. The van der Waals surface area contributed by atoms with Gasteiger partial charge >= 0.3 is 6.18 Å². The number of aromatic nitrogens is 2. The molecule has 32 heavy (non-hydrogen) atoms. The molecule has 0 fully saturated rings. The first-order chi connectivity index (χ1) is 15.2. The van der Waals surface area contributed by atoms with E-state index in [4.69, 9.17) is 16.3 Å². The molecular weight excluding hydrogens is 447 g/mol. The molecule has 1 aliphatic heterocycles. The van der Waals surface area contributed by atoms with E-state index in [1.807, 2.05) is 0 Å². The topological polar surface area (TPSA) is 73.2 Å². The molecule has 1 N–H and O–H groups in total. The Kier molecular flexibility index (Phi) is 6.10. The highest BCUT2D eigenvalue weighted by molar-refractivity contribution is 6.33. The Morgan fingerprint density at radius 3 is 2.75 bits per heavy atom. The van der Waals surface area contributed by atoms with Gasteiger partial charge in [-0.1, -0.05) is 18.0 Å². The van der Waals surface area contributed by atoms with Crippen LogP contribution in [0.5, 0.6) is 5.75 Å². The number of rotatable bonds is 4. The maximum absolute atomic E-state index is 12.9.